The number of rotatable bonds is 0. The van der Waals surface area contributed by atoms with E-state index in [-0.39, 0.29) is 17.5 Å². The molecule has 2 heterocycles. The summed E-state index contributed by atoms with van der Waals surface area (Å²) in [6.45, 7) is 6.80. The number of ether oxygens (including phenoxy) is 2. The number of hydrogen-bond acceptors (Lipinski definition) is 4. The Morgan fingerprint density at radius 2 is 2.00 bits per heavy atom. The van der Waals surface area contributed by atoms with E-state index < -0.39 is 5.79 Å². The van der Waals surface area contributed by atoms with Crippen LogP contribution in [0.2, 0.25) is 0 Å². The van der Waals surface area contributed by atoms with E-state index in [0.717, 1.165) is 23.1 Å². The lowest BCUT2D eigenvalue weighted by atomic mass is 9.69. The average molecular weight is 302 g/mol. The van der Waals surface area contributed by atoms with Crippen molar-refractivity contribution in [2.24, 2.45) is 5.92 Å². The molecule has 1 aromatic carbocycles. The Kier molecular flexibility index (Phi) is 2.80. The molecule has 1 saturated heterocycles. The lowest BCUT2D eigenvalue weighted by molar-refractivity contribution is -0.172. The molecule has 4 heteroatoms. The van der Waals surface area contributed by atoms with Gasteiger partial charge in [0.15, 0.2) is 0 Å². The maximum atomic E-state index is 12.5. The van der Waals surface area contributed by atoms with Crippen LogP contribution in [0.15, 0.2) is 12.1 Å². The Morgan fingerprint density at radius 1 is 1.27 bits per heavy atom. The monoisotopic (exact) mass is 302 g/mol. The Labute approximate surface area is 130 Å². The summed E-state index contributed by atoms with van der Waals surface area (Å²) in [5, 5.41) is 10.3. The molecule has 1 aliphatic carbocycles. The van der Waals surface area contributed by atoms with Crippen LogP contribution < -0.4 is 0 Å². The third kappa shape index (κ3) is 1.68. The molecule has 1 aromatic rings. The predicted molar refractivity (Wildman–Crippen MR) is 80.6 cm³/mol. The van der Waals surface area contributed by atoms with Gasteiger partial charge >= 0.3 is 5.97 Å². The maximum Gasteiger partial charge on any atom is 0.341 e. The van der Waals surface area contributed by atoms with Gasteiger partial charge in [0, 0.05) is 17.4 Å². The fraction of sp³-hybridized carbons (Fsp3) is 0.611. The van der Waals surface area contributed by atoms with Gasteiger partial charge in [-0.3, -0.25) is 0 Å². The summed E-state index contributed by atoms with van der Waals surface area (Å²) in [6.07, 6.45) is 1.72. The van der Waals surface area contributed by atoms with Gasteiger partial charge in [-0.1, -0.05) is 32.9 Å². The van der Waals surface area contributed by atoms with E-state index >= 15 is 0 Å². The highest BCUT2D eigenvalue weighted by atomic mass is 16.7. The molecule has 0 aromatic heterocycles. The third-order valence-corrected chi connectivity index (χ3v) is 5.60. The standard InChI is InChI=1S/C18H22O4/c1-10-8-18(21-9-10)13-6-5-12-11(15(13)16(20)22-18)4-7-14(19)17(12,2)3/h5-6,10,14,19H,4,7-9H2,1-3H3/t10-,14+,18+/m1/s1. The lowest BCUT2D eigenvalue weighted by Gasteiger charge is -2.38. The molecule has 118 valence electrons. The van der Waals surface area contributed by atoms with E-state index in [9.17, 15) is 9.90 Å². The summed E-state index contributed by atoms with van der Waals surface area (Å²) in [4.78, 5) is 12.5. The van der Waals surface area contributed by atoms with E-state index in [2.05, 4.69) is 6.92 Å². The summed E-state index contributed by atoms with van der Waals surface area (Å²) < 4.78 is 11.6. The van der Waals surface area contributed by atoms with Crippen molar-refractivity contribution in [3.63, 3.8) is 0 Å². The van der Waals surface area contributed by atoms with Crippen LogP contribution >= 0.6 is 0 Å². The largest absolute Gasteiger partial charge is 0.425 e. The minimum atomic E-state index is -0.874. The molecule has 0 saturated carbocycles. The number of esters is 1. The second-order valence-electron chi connectivity index (χ2n) is 7.55. The highest BCUT2D eigenvalue weighted by molar-refractivity contribution is 5.96. The highest BCUT2D eigenvalue weighted by Crippen LogP contribution is 2.50. The second-order valence-corrected chi connectivity index (χ2v) is 7.55. The number of hydrogen-bond donors (Lipinski definition) is 1. The van der Waals surface area contributed by atoms with Gasteiger partial charge < -0.3 is 14.6 Å². The molecule has 3 atom stereocenters. The van der Waals surface area contributed by atoms with Gasteiger partial charge in [0.05, 0.1) is 18.3 Å². The van der Waals surface area contributed by atoms with E-state index in [1.165, 1.54) is 0 Å². The number of carbonyl (C=O) groups is 1. The van der Waals surface area contributed by atoms with Crippen molar-refractivity contribution in [2.45, 2.75) is 57.3 Å². The molecule has 3 aliphatic rings. The molecular formula is C18H22O4. The molecule has 2 aliphatic heterocycles. The Morgan fingerprint density at radius 3 is 2.68 bits per heavy atom. The summed E-state index contributed by atoms with van der Waals surface area (Å²) in [5.74, 6) is -0.762. The van der Waals surface area contributed by atoms with Crippen molar-refractivity contribution < 1.29 is 19.4 Å². The Balaban J connectivity index is 1.90. The van der Waals surface area contributed by atoms with E-state index in [0.29, 0.717) is 30.9 Å². The Bertz CT molecular complexity index is 663. The van der Waals surface area contributed by atoms with Crippen molar-refractivity contribution >= 4 is 5.97 Å². The highest BCUT2D eigenvalue weighted by Gasteiger charge is 2.53. The topological polar surface area (TPSA) is 55.8 Å². The molecule has 1 spiro atoms. The minimum Gasteiger partial charge on any atom is -0.425 e. The molecule has 4 rings (SSSR count). The summed E-state index contributed by atoms with van der Waals surface area (Å²) >= 11 is 0. The maximum absolute atomic E-state index is 12.5. The van der Waals surface area contributed by atoms with Crippen LogP contribution in [0.4, 0.5) is 0 Å². The molecule has 22 heavy (non-hydrogen) atoms. The first-order valence-corrected chi connectivity index (χ1v) is 8.07. The molecule has 1 N–H and O–H groups in total. The van der Waals surface area contributed by atoms with Crippen molar-refractivity contribution in [3.8, 4) is 0 Å². The zero-order chi connectivity index (χ0) is 15.7. The zero-order valence-corrected chi connectivity index (χ0v) is 13.3. The number of aliphatic hydroxyl groups is 1. The second kappa shape index (κ2) is 4.33. The van der Waals surface area contributed by atoms with Crippen LogP contribution in [-0.2, 0) is 27.1 Å². The number of benzene rings is 1. The molecule has 0 amide bonds. The van der Waals surface area contributed by atoms with E-state index in [4.69, 9.17) is 9.47 Å². The van der Waals surface area contributed by atoms with Crippen LogP contribution in [0.3, 0.4) is 0 Å². The van der Waals surface area contributed by atoms with Crippen LogP contribution in [0, 0.1) is 5.92 Å². The molecular weight excluding hydrogens is 280 g/mol. The lowest BCUT2D eigenvalue weighted by Crippen LogP contribution is -2.39. The molecule has 0 radical (unpaired) electrons. The van der Waals surface area contributed by atoms with Crippen molar-refractivity contribution in [1.82, 2.24) is 0 Å². The molecule has 0 bridgehead atoms. The molecule has 1 fully saturated rings. The van der Waals surface area contributed by atoms with Gasteiger partial charge in [-0.15, -0.1) is 0 Å². The zero-order valence-electron chi connectivity index (χ0n) is 13.3. The van der Waals surface area contributed by atoms with Crippen molar-refractivity contribution in [3.05, 3.63) is 34.4 Å². The Hall–Kier alpha value is -1.39. The number of carbonyl (C=O) groups excluding carboxylic acids is 1. The summed E-state index contributed by atoms with van der Waals surface area (Å²) in [6, 6.07) is 4.02. The minimum absolute atomic E-state index is 0.270. The summed E-state index contributed by atoms with van der Waals surface area (Å²) in [7, 11) is 0. The van der Waals surface area contributed by atoms with Crippen LogP contribution in [0.5, 0.6) is 0 Å². The third-order valence-electron chi connectivity index (χ3n) is 5.60. The first kappa shape index (κ1) is 14.2. The van der Waals surface area contributed by atoms with Gasteiger partial charge in [-0.05, 0) is 29.9 Å². The fourth-order valence-electron chi connectivity index (χ4n) is 4.25. The first-order chi connectivity index (χ1) is 10.3. The van der Waals surface area contributed by atoms with Gasteiger partial charge in [0.2, 0.25) is 5.79 Å². The van der Waals surface area contributed by atoms with Gasteiger partial charge in [-0.2, -0.15) is 0 Å². The molecule has 4 nitrogen and oxygen atoms in total. The number of fused-ring (bicyclic) bond motifs is 4. The van der Waals surface area contributed by atoms with Crippen molar-refractivity contribution in [1.29, 1.82) is 0 Å². The van der Waals surface area contributed by atoms with Crippen LogP contribution in [0.1, 0.15) is 60.7 Å². The fourth-order valence-corrected chi connectivity index (χ4v) is 4.25. The van der Waals surface area contributed by atoms with Gasteiger partial charge in [0.1, 0.15) is 0 Å². The van der Waals surface area contributed by atoms with E-state index in [1.807, 2.05) is 26.0 Å². The van der Waals surface area contributed by atoms with Crippen molar-refractivity contribution in [2.75, 3.05) is 6.61 Å². The average Bonchev–Trinajstić information content (AvgIpc) is 2.96. The van der Waals surface area contributed by atoms with Crippen LogP contribution in [-0.4, -0.2) is 23.8 Å². The number of aliphatic hydroxyl groups excluding tert-OH is 1. The SMILES string of the molecule is C[C@H]1CO[C@@]2(C1)OC(=O)c1c2ccc2c1CC[C@H](O)C2(C)C. The molecule has 0 unspecified atom stereocenters. The van der Waals surface area contributed by atoms with Gasteiger partial charge in [-0.25, -0.2) is 4.79 Å². The predicted octanol–water partition coefficient (Wildman–Crippen LogP) is 2.65. The summed E-state index contributed by atoms with van der Waals surface area (Å²) in [5.41, 5.74) is 3.32. The normalized spacial score (nSPS) is 35.4. The quantitative estimate of drug-likeness (QED) is 0.749. The smallest absolute Gasteiger partial charge is 0.341 e. The van der Waals surface area contributed by atoms with E-state index in [1.54, 1.807) is 0 Å². The van der Waals surface area contributed by atoms with Gasteiger partial charge in [0.25, 0.3) is 0 Å². The van der Waals surface area contributed by atoms with Crippen LogP contribution in [0.25, 0.3) is 0 Å². The first-order valence-electron chi connectivity index (χ1n) is 8.07.